The molecule has 39 heavy (non-hydrogen) atoms. The summed E-state index contributed by atoms with van der Waals surface area (Å²) >= 11 is 0. The van der Waals surface area contributed by atoms with E-state index in [-0.39, 0.29) is 0 Å². The molecule has 4 nitrogen and oxygen atoms in total. The minimum atomic E-state index is 0.889. The molecule has 0 aliphatic heterocycles. The van der Waals surface area contributed by atoms with Gasteiger partial charge in [0.2, 0.25) is 0 Å². The van der Waals surface area contributed by atoms with Gasteiger partial charge >= 0.3 is 0 Å². The van der Waals surface area contributed by atoms with Crippen LogP contribution in [0.1, 0.15) is 0 Å². The molecule has 0 N–H and O–H groups in total. The van der Waals surface area contributed by atoms with Crippen LogP contribution in [-0.2, 0) is 0 Å². The SMILES string of the molecule is c1ccc(-c2nc3cc(-c4cccc(-c5ccncc5)n4)ccc3c3c2ccc2c4ccccc4oc23)cc1. The van der Waals surface area contributed by atoms with Crippen molar-refractivity contribution < 1.29 is 4.42 Å². The van der Waals surface area contributed by atoms with Crippen LogP contribution in [0.25, 0.3) is 77.4 Å². The van der Waals surface area contributed by atoms with Gasteiger partial charge in [0, 0.05) is 56.0 Å². The Hall–Kier alpha value is -5.35. The van der Waals surface area contributed by atoms with E-state index in [2.05, 4.69) is 71.7 Å². The third-order valence-electron chi connectivity index (χ3n) is 7.37. The monoisotopic (exact) mass is 499 g/mol. The van der Waals surface area contributed by atoms with Crippen molar-refractivity contribution in [2.45, 2.75) is 0 Å². The van der Waals surface area contributed by atoms with E-state index in [1.165, 1.54) is 0 Å². The van der Waals surface area contributed by atoms with Gasteiger partial charge in [-0.15, -0.1) is 0 Å². The summed E-state index contributed by atoms with van der Waals surface area (Å²) in [4.78, 5) is 14.3. The molecule has 0 fully saturated rings. The summed E-state index contributed by atoms with van der Waals surface area (Å²) < 4.78 is 6.50. The van der Waals surface area contributed by atoms with Gasteiger partial charge in [0.1, 0.15) is 11.2 Å². The van der Waals surface area contributed by atoms with Crippen molar-refractivity contribution in [1.29, 1.82) is 0 Å². The number of nitrogens with zero attached hydrogens (tertiary/aromatic N) is 3. The molecule has 8 rings (SSSR count). The highest BCUT2D eigenvalue weighted by Crippen LogP contribution is 2.41. The average molecular weight is 500 g/mol. The fourth-order valence-corrected chi connectivity index (χ4v) is 5.52. The molecule has 4 aromatic carbocycles. The van der Waals surface area contributed by atoms with Crippen LogP contribution in [0.2, 0.25) is 0 Å². The minimum absolute atomic E-state index is 0.889. The molecule has 0 amide bonds. The van der Waals surface area contributed by atoms with E-state index in [4.69, 9.17) is 14.4 Å². The molecule has 0 saturated heterocycles. The molecule has 8 aromatic rings. The molecule has 182 valence electrons. The van der Waals surface area contributed by atoms with Gasteiger partial charge in [0.05, 0.1) is 22.6 Å². The lowest BCUT2D eigenvalue weighted by Crippen LogP contribution is -1.92. The second kappa shape index (κ2) is 8.61. The first-order chi connectivity index (χ1) is 19.3. The summed E-state index contributed by atoms with van der Waals surface area (Å²) in [5, 5.41) is 5.45. The highest BCUT2D eigenvalue weighted by Gasteiger charge is 2.17. The predicted octanol–water partition coefficient (Wildman–Crippen LogP) is 9.08. The van der Waals surface area contributed by atoms with Crippen molar-refractivity contribution in [3.63, 3.8) is 0 Å². The van der Waals surface area contributed by atoms with Crippen molar-refractivity contribution >= 4 is 43.6 Å². The van der Waals surface area contributed by atoms with Crippen LogP contribution in [0, 0.1) is 0 Å². The van der Waals surface area contributed by atoms with Crippen LogP contribution in [0.5, 0.6) is 0 Å². The average Bonchev–Trinajstić information content (AvgIpc) is 3.40. The van der Waals surface area contributed by atoms with Gasteiger partial charge in [-0.25, -0.2) is 9.97 Å². The second-order valence-corrected chi connectivity index (χ2v) is 9.67. The number of hydrogen-bond acceptors (Lipinski definition) is 4. The zero-order valence-corrected chi connectivity index (χ0v) is 20.9. The van der Waals surface area contributed by atoms with E-state index in [0.717, 1.165) is 77.4 Å². The first-order valence-electron chi connectivity index (χ1n) is 12.9. The molecule has 0 unspecified atom stereocenters. The number of hydrogen-bond donors (Lipinski definition) is 0. The molecule has 0 spiro atoms. The maximum absolute atomic E-state index is 6.50. The van der Waals surface area contributed by atoms with Gasteiger partial charge in [-0.05, 0) is 42.5 Å². The molecule has 4 heteroatoms. The summed E-state index contributed by atoms with van der Waals surface area (Å²) in [6.07, 6.45) is 3.58. The van der Waals surface area contributed by atoms with Gasteiger partial charge in [-0.3, -0.25) is 4.98 Å². The fraction of sp³-hybridized carbons (Fsp3) is 0. The Bertz CT molecular complexity index is 2170. The van der Waals surface area contributed by atoms with Crippen LogP contribution in [0.3, 0.4) is 0 Å². The van der Waals surface area contributed by atoms with Crippen LogP contribution in [0.4, 0.5) is 0 Å². The van der Waals surface area contributed by atoms with Crippen LogP contribution in [0.15, 0.2) is 132 Å². The van der Waals surface area contributed by atoms with E-state index in [1.54, 1.807) is 12.4 Å². The molecule has 4 heterocycles. The molecule has 0 aliphatic carbocycles. The fourth-order valence-electron chi connectivity index (χ4n) is 5.52. The minimum Gasteiger partial charge on any atom is -0.455 e. The van der Waals surface area contributed by atoms with Gasteiger partial charge in [0.25, 0.3) is 0 Å². The number of benzene rings is 4. The van der Waals surface area contributed by atoms with Gasteiger partial charge < -0.3 is 4.42 Å². The Morgan fingerprint density at radius 3 is 2.10 bits per heavy atom. The number of rotatable bonds is 3. The molecule has 4 aromatic heterocycles. The van der Waals surface area contributed by atoms with Crippen LogP contribution >= 0.6 is 0 Å². The standard InChI is InChI=1S/C35H21N3O/c1-2-7-23(8-3-1)34-28-16-15-26-25-9-4-5-12-32(25)39-35(26)33(28)27-14-13-24(21-31(27)38-34)30-11-6-10-29(37-30)22-17-19-36-20-18-22/h1-21H. The van der Waals surface area contributed by atoms with Crippen molar-refractivity contribution in [3.05, 3.63) is 128 Å². The highest BCUT2D eigenvalue weighted by atomic mass is 16.3. The smallest absolute Gasteiger partial charge is 0.144 e. The van der Waals surface area contributed by atoms with Gasteiger partial charge in [-0.1, -0.05) is 72.8 Å². The zero-order valence-electron chi connectivity index (χ0n) is 20.9. The predicted molar refractivity (Wildman–Crippen MR) is 158 cm³/mol. The van der Waals surface area contributed by atoms with E-state index < -0.39 is 0 Å². The van der Waals surface area contributed by atoms with E-state index in [0.29, 0.717) is 0 Å². The second-order valence-electron chi connectivity index (χ2n) is 9.67. The Morgan fingerprint density at radius 1 is 0.487 bits per heavy atom. The molecular weight excluding hydrogens is 478 g/mol. The largest absolute Gasteiger partial charge is 0.455 e. The summed E-state index contributed by atoms with van der Waals surface area (Å²) in [6.45, 7) is 0. The molecule has 0 saturated carbocycles. The number of aromatic nitrogens is 3. The topological polar surface area (TPSA) is 51.8 Å². The van der Waals surface area contributed by atoms with Gasteiger partial charge in [-0.2, -0.15) is 0 Å². The summed E-state index contributed by atoms with van der Waals surface area (Å²) in [6, 6.07) is 39.4. The zero-order chi connectivity index (χ0) is 25.8. The number of para-hydroxylation sites is 1. The van der Waals surface area contributed by atoms with Gasteiger partial charge in [0.15, 0.2) is 0 Å². The van der Waals surface area contributed by atoms with Crippen molar-refractivity contribution in [1.82, 2.24) is 15.0 Å². The maximum Gasteiger partial charge on any atom is 0.144 e. The van der Waals surface area contributed by atoms with Crippen LogP contribution < -0.4 is 0 Å². The maximum atomic E-state index is 6.50. The molecule has 0 aliphatic rings. The van der Waals surface area contributed by atoms with E-state index in [1.807, 2.05) is 48.5 Å². The third kappa shape index (κ3) is 3.50. The third-order valence-corrected chi connectivity index (χ3v) is 7.37. The molecule has 0 bridgehead atoms. The quantitative estimate of drug-likeness (QED) is 0.228. The Morgan fingerprint density at radius 2 is 1.23 bits per heavy atom. The lowest BCUT2D eigenvalue weighted by Gasteiger charge is -2.12. The van der Waals surface area contributed by atoms with Crippen molar-refractivity contribution in [2.24, 2.45) is 0 Å². The lowest BCUT2D eigenvalue weighted by molar-refractivity contribution is 0.673. The van der Waals surface area contributed by atoms with E-state index >= 15 is 0 Å². The summed E-state index contributed by atoms with van der Waals surface area (Å²) in [5.41, 5.74) is 8.56. The first-order valence-corrected chi connectivity index (χ1v) is 12.9. The Kier molecular flexibility index (Phi) is 4.79. The summed E-state index contributed by atoms with van der Waals surface area (Å²) in [5.74, 6) is 0. The number of fused-ring (bicyclic) bond motifs is 7. The highest BCUT2D eigenvalue weighted by molar-refractivity contribution is 6.24. The number of furan rings is 1. The van der Waals surface area contributed by atoms with Crippen LogP contribution in [-0.4, -0.2) is 15.0 Å². The Labute approximate surface area is 224 Å². The van der Waals surface area contributed by atoms with Crippen molar-refractivity contribution in [2.75, 3.05) is 0 Å². The number of pyridine rings is 3. The molecule has 0 atom stereocenters. The van der Waals surface area contributed by atoms with Crippen molar-refractivity contribution in [3.8, 4) is 33.8 Å². The molecular formula is C35H21N3O. The normalized spacial score (nSPS) is 11.6. The lowest BCUT2D eigenvalue weighted by atomic mass is 9.96. The summed E-state index contributed by atoms with van der Waals surface area (Å²) in [7, 11) is 0. The molecule has 0 radical (unpaired) electrons. The van der Waals surface area contributed by atoms with E-state index in [9.17, 15) is 0 Å². The first kappa shape index (κ1) is 21.7. The Balaban J connectivity index is 1.42.